The van der Waals surface area contributed by atoms with E-state index in [9.17, 15) is 0 Å². The van der Waals surface area contributed by atoms with Crippen LogP contribution in [0.2, 0.25) is 5.02 Å². The summed E-state index contributed by atoms with van der Waals surface area (Å²) in [6.45, 7) is 4.15. The van der Waals surface area contributed by atoms with Gasteiger partial charge in [-0.15, -0.1) is 0 Å². The van der Waals surface area contributed by atoms with Gasteiger partial charge in [0.15, 0.2) is 0 Å². The first-order valence-electron chi connectivity index (χ1n) is 7.13. The highest BCUT2D eigenvalue weighted by molar-refractivity contribution is 6.30. The Balaban J connectivity index is 2.06. The van der Waals surface area contributed by atoms with E-state index in [0.717, 1.165) is 27.8 Å². The SMILES string of the molecule is CC(C)C#Cc1cc2[nH]ncc2cc1Nc1cccc(Cl)c1. The third-order valence-corrected chi connectivity index (χ3v) is 3.41. The average molecular weight is 310 g/mol. The van der Waals surface area contributed by atoms with E-state index in [1.807, 2.05) is 36.4 Å². The maximum absolute atomic E-state index is 6.05. The number of anilines is 2. The molecule has 0 aliphatic carbocycles. The Morgan fingerprint density at radius 1 is 1.23 bits per heavy atom. The molecule has 0 saturated carbocycles. The fraction of sp³-hybridized carbons (Fsp3) is 0.167. The Morgan fingerprint density at radius 2 is 2.09 bits per heavy atom. The lowest BCUT2D eigenvalue weighted by atomic mass is 10.1. The van der Waals surface area contributed by atoms with Gasteiger partial charge in [0.05, 0.1) is 23.0 Å². The first-order valence-corrected chi connectivity index (χ1v) is 7.51. The molecule has 0 atom stereocenters. The van der Waals surface area contributed by atoms with Crippen molar-refractivity contribution in [1.29, 1.82) is 0 Å². The molecule has 0 amide bonds. The molecule has 2 aromatic carbocycles. The summed E-state index contributed by atoms with van der Waals surface area (Å²) in [5, 5.41) is 12.2. The fourth-order valence-electron chi connectivity index (χ4n) is 2.14. The number of nitrogens with one attached hydrogen (secondary N) is 2. The van der Waals surface area contributed by atoms with Crippen molar-refractivity contribution in [1.82, 2.24) is 10.2 Å². The molecule has 0 radical (unpaired) electrons. The van der Waals surface area contributed by atoms with Crippen LogP contribution in [0.3, 0.4) is 0 Å². The van der Waals surface area contributed by atoms with Crippen LogP contribution >= 0.6 is 11.6 Å². The predicted molar refractivity (Wildman–Crippen MR) is 92.5 cm³/mol. The van der Waals surface area contributed by atoms with E-state index in [4.69, 9.17) is 11.6 Å². The number of hydrogen-bond acceptors (Lipinski definition) is 2. The summed E-state index contributed by atoms with van der Waals surface area (Å²) in [7, 11) is 0. The second-order valence-electron chi connectivity index (χ2n) is 5.41. The Morgan fingerprint density at radius 3 is 2.86 bits per heavy atom. The number of halogens is 1. The van der Waals surface area contributed by atoms with Crippen LogP contribution in [-0.4, -0.2) is 10.2 Å². The van der Waals surface area contributed by atoms with Crippen molar-refractivity contribution in [3.8, 4) is 11.8 Å². The van der Waals surface area contributed by atoms with Crippen molar-refractivity contribution >= 4 is 33.9 Å². The molecule has 110 valence electrons. The molecule has 0 spiro atoms. The van der Waals surface area contributed by atoms with Crippen LogP contribution in [-0.2, 0) is 0 Å². The number of aromatic amines is 1. The Labute approximate surface area is 134 Å². The van der Waals surface area contributed by atoms with Gasteiger partial charge in [0.25, 0.3) is 0 Å². The zero-order chi connectivity index (χ0) is 15.5. The van der Waals surface area contributed by atoms with Crippen molar-refractivity contribution in [2.75, 3.05) is 5.32 Å². The molecule has 0 aliphatic heterocycles. The average Bonchev–Trinajstić information content (AvgIpc) is 2.92. The lowest BCUT2D eigenvalue weighted by Crippen LogP contribution is -1.94. The van der Waals surface area contributed by atoms with Gasteiger partial charge in [-0.25, -0.2) is 0 Å². The quantitative estimate of drug-likeness (QED) is 0.656. The lowest BCUT2D eigenvalue weighted by Gasteiger charge is -2.09. The number of H-pyrrole nitrogens is 1. The molecule has 22 heavy (non-hydrogen) atoms. The number of benzene rings is 2. The smallest absolute Gasteiger partial charge is 0.0664 e. The first kappa shape index (κ1) is 14.5. The highest BCUT2D eigenvalue weighted by Crippen LogP contribution is 2.26. The van der Waals surface area contributed by atoms with Crippen molar-refractivity contribution in [2.45, 2.75) is 13.8 Å². The van der Waals surface area contributed by atoms with Gasteiger partial charge in [-0.3, -0.25) is 5.10 Å². The van der Waals surface area contributed by atoms with Gasteiger partial charge >= 0.3 is 0 Å². The third kappa shape index (κ3) is 3.24. The Bertz CT molecular complexity index is 869. The first-order chi connectivity index (χ1) is 10.6. The Kier molecular flexibility index (Phi) is 4.04. The van der Waals surface area contributed by atoms with Crippen molar-refractivity contribution in [3.05, 3.63) is 53.2 Å². The molecular formula is C18H16ClN3. The zero-order valence-corrected chi connectivity index (χ0v) is 13.2. The second-order valence-corrected chi connectivity index (χ2v) is 5.85. The van der Waals surface area contributed by atoms with Crippen molar-refractivity contribution < 1.29 is 0 Å². The van der Waals surface area contributed by atoms with Crippen molar-refractivity contribution in [2.24, 2.45) is 5.92 Å². The molecule has 0 bridgehead atoms. The molecule has 0 unspecified atom stereocenters. The highest BCUT2D eigenvalue weighted by atomic mass is 35.5. The summed E-state index contributed by atoms with van der Waals surface area (Å²) >= 11 is 6.05. The number of nitrogens with zero attached hydrogens (tertiary/aromatic N) is 1. The maximum atomic E-state index is 6.05. The van der Waals surface area contributed by atoms with E-state index in [1.165, 1.54) is 0 Å². The molecule has 3 nitrogen and oxygen atoms in total. The molecule has 3 aromatic rings. The highest BCUT2D eigenvalue weighted by Gasteiger charge is 2.06. The predicted octanol–water partition coefficient (Wildman–Crippen LogP) is 4.97. The summed E-state index contributed by atoms with van der Waals surface area (Å²) in [5.41, 5.74) is 3.79. The van der Waals surface area contributed by atoms with E-state index >= 15 is 0 Å². The molecule has 2 N–H and O–H groups in total. The van der Waals surface area contributed by atoms with E-state index in [0.29, 0.717) is 10.9 Å². The number of hydrogen-bond donors (Lipinski definition) is 2. The zero-order valence-electron chi connectivity index (χ0n) is 12.4. The minimum atomic E-state index is 0.316. The van der Waals surface area contributed by atoms with E-state index in [2.05, 4.69) is 41.2 Å². The van der Waals surface area contributed by atoms with Crippen LogP contribution in [0.25, 0.3) is 10.9 Å². The van der Waals surface area contributed by atoms with Crippen molar-refractivity contribution in [3.63, 3.8) is 0 Å². The molecule has 0 aliphatic rings. The van der Waals surface area contributed by atoms with Crippen LogP contribution in [0.5, 0.6) is 0 Å². The van der Waals surface area contributed by atoms with Crippen LogP contribution in [0.15, 0.2) is 42.6 Å². The maximum Gasteiger partial charge on any atom is 0.0664 e. The third-order valence-electron chi connectivity index (χ3n) is 3.18. The van der Waals surface area contributed by atoms with Gasteiger partial charge in [0.1, 0.15) is 0 Å². The van der Waals surface area contributed by atoms with E-state index < -0.39 is 0 Å². The lowest BCUT2D eigenvalue weighted by molar-refractivity contribution is 0.866. The molecule has 0 fully saturated rings. The molecule has 1 heterocycles. The largest absolute Gasteiger partial charge is 0.354 e. The van der Waals surface area contributed by atoms with Gasteiger partial charge in [-0.2, -0.15) is 5.10 Å². The van der Waals surface area contributed by atoms with Crippen LogP contribution < -0.4 is 5.32 Å². The summed E-state index contributed by atoms with van der Waals surface area (Å²) in [4.78, 5) is 0. The Hall–Kier alpha value is -2.44. The minimum Gasteiger partial charge on any atom is -0.354 e. The van der Waals surface area contributed by atoms with Gasteiger partial charge in [-0.1, -0.05) is 43.4 Å². The minimum absolute atomic E-state index is 0.316. The van der Waals surface area contributed by atoms with Crippen LogP contribution in [0.1, 0.15) is 19.4 Å². The van der Waals surface area contributed by atoms with Gasteiger partial charge in [-0.05, 0) is 30.3 Å². The summed E-state index contributed by atoms with van der Waals surface area (Å²) in [6, 6.07) is 11.7. The van der Waals surface area contributed by atoms with Gasteiger partial charge in [0.2, 0.25) is 0 Å². The molecular weight excluding hydrogens is 294 g/mol. The van der Waals surface area contributed by atoms with Gasteiger partial charge in [0, 0.05) is 22.0 Å². The monoisotopic (exact) mass is 309 g/mol. The topological polar surface area (TPSA) is 40.7 Å². The molecule has 4 heteroatoms. The standard InChI is InChI=1S/C18H16ClN3/c1-12(2)6-7-13-8-18-14(11-20-22-18)9-17(13)21-16-5-3-4-15(19)10-16/h3-5,8-12,21H,1-2H3,(H,20,22). The number of aromatic nitrogens is 2. The summed E-state index contributed by atoms with van der Waals surface area (Å²) in [6.07, 6.45) is 1.80. The molecule has 3 rings (SSSR count). The number of fused-ring (bicyclic) bond motifs is 1. The molecule has 1 aromatic heterocycles. The normalized spacial score (nSPS) is 10.5. The van der Waals surface area contributed by atoms with E-state index in [-0.39, 0.29) is 0 Å². The fourth-order valence-corrected chi connectivity index (χ4v) is 2.33. The van der Waals surface area contributed by atoms with Gasteiger partial charge < -0.3 is 5.32 Å². The number of rotatable bonds is 2. The van der Waals surface area contributed by atoms with E-state index in [1.54, 1.807) is 6.20 Å². The van der Waals surface area contributed by atoms with Crippen LogP contribution in [0.4, 0.5) is 11.4 Å². The molecule has 0 saturated heterocycles. The second kappa shape index (κ2) is 6.13. The summed E-state index contributed by atoms with van der Waals surface area (Å²) < 4.78 is 0. The summed E-state index contributed by atoms with van der Waals surface area (Å²) in [5.74, 6) is 6.76. The van der Waals surface area contributed by atoms with Crippen LogP contribution in [0, 0.1) is 17.8 Å².